The van der Waals surface area contributed by atoms with Crippen LogP contribution in [0, 0.1) is 0 Å². The van der Waals surface area contributed by atoms with E-state index < -0.39 is 31.2 Å². The molecule has 1 heterocycles. The first-order valence-electron chi connectivity index (χ1n) is 5.38. The second-order valence-electron chi connectivity index (χ2n) is 4.23. The van der Waals surface area contributed by atoms with Crippen molar-refractivity contribution in [2.75, 3.05) is 19.3 Å². The quantitative estimate of drug-likeness (QED) is 0.750. The first-order chi connectivity index (χ1) is 8.47. The molecule has 1 N–H and O–H groups in total. The summed E-state index contributed by atoms with van der Waals surface area (Å²) in [5, 5.41) is -4.81. The second kappa shape index (κ2) is 5.29. The lowest BCUT2D eigenvalue weighted by Crippen LogP contribution is -2.54. The summed E-state index contributed by atoms with van der Waals surface area (Å²) in [7, 11) is -10.0. The van der Waals surface area contributed by atoms with E-state index in [1.54, 1.807) is 0 Å². The van der Waals surface area contributed by atoms with Crippen LogP contribution in [-0.2, 0) is 24.8 Å². The van der Waals surface area contributed by atoms with E-state index in [1.165, 1.54) is 0 Å². The zero-order valence-corrected chi connectivity index (χ0v) is 11.7. The summed E-state index contributed by atoms with van der Waals surface area (Å²) in [5.74, 6) is -1.90. The summed E-state index contributed by atoms with van der Waals surface area (Å²) in [5.41, 5.74) is 0. The van der Waals surface area contributed by atoms with E-state index in [9.17, 15) is 30.4 Å². The van der Waals surface area contributed by atoms with Gasteiger partial charge in [-0.3, -0.25) is 4.79 Å². The van der Waals surface area contributed by atoms with Crippen LogP contribution in [0.15, 0.2) is 0 Å². The smallest absolute Gasteiger partial charge is 0.336 e. The third-order valence-electron chi connectivity index (χ3n) is 2.49. The van der Waals surface area contributed by atoms with Crippen LogP contribution in [0.4, 0.5) is 8.78 Å². The van der Waals surface area contributed by atoms with Crippen molar-refractivity contribution in [1.82, 2.24) is 9.03 Å². The molecule has 0 aromatic rings. The van der Waals surface area contributed by atoms with E-state index in [4.69, 9.17) is 0 Å². The van der Waals surface area contributed by atoms with Crippen LogP contribution < -0.4 is 4.13 Å². The first-order valence-corrected chi connectivity index (χ1v) is 8.75. The summed E-state index contributed by atoms with van der Waals surface area (Å²) in [4.78, 5) is 12.2. The van der Waals surface area contributed by atoms with Gasteiger partial charge < -0.3 is 4.90 Å². The fourth-order valence-corrected chi connectivity index (χ4v) is 4.02. The van der Waals surface area contributed by atoms with Crippen LogP contribution in [0.5, 0.6) is 0 Å². The lowest BCUT2D eigenvalue weighted by Gasteiger charge is -2.29. The molecule has 0 aromatic heterocycles. The maximum Gasteiger partial charge on any atom is 0.436 e. The molecule has 0 radical (unpaired) electrons. The fourth-order valence-electron chi connectivity index (χ4n) is 1.65. The highest BCUT2D eigenvalue weighted by atomic mass is 32.3. The zero-order valence-electron chi connectivity index (χ0n) is 10.1. The number of rotatable bonds is 4. The number of nitrogens with zero attached hydrogens (tertiary/aromatic N) is 1. The Morgan fingerprint density at radius 1 is 1.11 bits per heavy atom. The molecule has 19 heavy (non-hydrogen) atoms. The minimum atomic E-state index is -5.63. The van der Waals surface area contributed by atoms with Crippen molar-refractivity contribution in [2.24, 2.45) is 0 Å². The number of piperidine rings is 1. The number of amides is 1. The molecule has 0 spiro atoms. The minimum Gasteiger partial charge on any atom is -0.336 e. The molecule has 1 saturated heterocycles. The van der Waals surface area contributed by atoms with Crippen molar-refractivity contribution in [1.29, 1.82) is 0 Å². The van der Waals surface area contributed by atoms with Gasteiger partial charge in [-0.2, -0.15) is 8.78 Å². The van der Waals surface area contributed by atoms with Gasteiger partial charge in [-0.15, -0.1) is 4.13 Å². The molecular formula is C8H14F2N2O5S2. The van der Waals surface area contributed by atoms with Crippen LogP contribution in [0.2, 0.25) is 0 Å². The minimum absolute atomic E-state index is 0.0306. The van der Waals surface area contributed by atoms with Crippen LogP contribution in [0.25, 0.3) is 0 Å². The van der Waals surface area contributed by atoms with Crippen molar-refractivity contribution < 1.29 is 30.4 Å². The van der Waals surface area contributed by atoms with Crippen LogP contribution in [0.3, 0.4) is 0 Å². The molecule has 0 unspecified atom stereocenters. The van der Waals surface area contributed by atoms with Gasteiger partial charge in [0, 0.05) is 13.1 Å². The van der Waals surface area contributed by atoms with Gasteiger partial charge in [0.2, 0.25) is 10.0 Å². The Hall–Kier alpha value is -0.810. The Morgan fingerprint density at radius 3 is 2.00 bits per heavy atom. The average molecular weight is 320 g/mol. The summed E-state index contributed by atoms with van der Waals surface area (Å²) >= 11 is 0. The normalized spacial score (nSPS) is 18.4. The molecule has 0 bridgehead atoms. The number of hydrogen-bond donors (Lipinski definition) is 1. The molecule has 1 fully saturated rings. The Morgan fingerprint density at radius 2 is 1.58 bits per heavy atom. The summed E-state index contributed by atoms with van der Waals surface area (Å²) in [6, 6.07) is 0. The Balaban J connectivity index is 2.98. The summed E-state index contributed by atoms with van der Waals surface area (Å²) in [6.07, 6.45) is 2.18. The molecule has 1 aliphatic rings. The second-order valence-corrected chi connectivity index (χ2v) is 7.96. The van der Waals surface area contributed by atoms with Crippen LogP contribution in [0.1, 0.15) is 19.3 Å². The number of carbonyl (C=O) groups is 1. The maximum atomic E-state index is 13.6. The molecule has 7 nitrogen and oxygen atoms in total. The fraction of sp³-hybridized carbons (Fsp3) is 0.875. The first kappa shape index (κ1) is 16.2. The van der Waals surface area contributed by atoms with Gasteiger partial charge >= 0.3 is 11.2 Å². The van der Waals surface area contributed by atoms with Crippen molar-refractivity contribution >= 4 is 26.0 Å². The largest absolute Gasteiger partial charge is 0.436 e. The van der Waals surface area contributed by atoms with Gasteiger partial charge in [-0.05, 0) is 19.3 Å². The Kier molecular flexibility index (Phi) is 4.52. The zero-order chi connectivity index (χ0) is 14.9. The highest BCUT2D eigenvalue weighted by Gasteiger charge is 2.55. The van der Waals surface area contributed by atoms with E-state index in [-0.39, 0.29) is 13.1 Å². The predicted molar refractivity (Wildman–Crippen MR) is 62.3 cm³/mol. The number of sulfonamides is 2. The Bertz CT molecular complexity index is 552. The SMILES string of the molecule is CS(=O)(=O)NS(=O)(=O)C(F)(F)C(=O)N1CCCCC1. The van der Waals surface area contributed by atoms with Gasteiger partial charge in [0.05, 0.1) is 6.26 Å². The average Bonchev–Trinajstić information content (AvgIpc) is 2.25. The van der Waals surface area contributed by atoms with Crippen molar-refractivity contribution in [3.05, 3.63) is 0 Å². The van der Waals surface area contributed by atoms with Gasteiger partial charge in [0.15, 0.2) is 0 Å². The molecule has 112 valence electrons. The number of nitrogens with one attached hydrogen (secondary N) is 1. The van der Waals surface area contributed by atoms with E-state index >= 15 is 0 Å². The third kappa shape index (κ3) is 3.83. The van der Waals surface area contributed by atoms with Crippen LogP contribution >= 0.6 is 0 Å². The molecule has 1 rings (SSSR count). The third-order valence-corrected chi connectivity index (χ3v) is 5.43. The number of carbonyl (C=O) groups excluding carboxylic acids is 1. The number of halogens is 2. The van der Waals surface area contributed by atoms with E-state index in [0.717, 1.165) is 15.4 Å². The van der Waals surface area contributed by atoms with E-state index in [2.05, 4.69) is 0 Å². The molecule has 0 aliphatic carbocycles. The van der Waals surface area contributed by atoms with Gasteiger partial charge in [0.25, 0.3) is 10.0 Å². The van der Waals surface area contributed by atoms with Crippen molar-refractivity contribution in [3.8, 4) is 0 Å². The number of alkyl halides is 2. The van der Waals surface area contributed by atoms with Crippen molar-refractivity contribution in [2.45, 2.75) is 24.5 Å². The van der Waals surface area contributed by atoms with Gasteiger partial charge in [-0.1, -0.05) is 0 Å². The highest BCUT2D eigenvalue weighted by Crippen LogP contribution is 2.25. The molecule has 0 atom stereocenters. The predicted octanol–water partition coefficient (Wildman–Crippen LogP) is -0.529. The standard InChI is InChI=1S/C8H14F2N2O5S2/c1-18(14,15)11-19(16,17)8(9,10)7(13)12-5-3-2-4-6-12/h11H,2-6H2,1H3. The molecule has 0 aromatic carbocycles. The topological polar surface area (TPSA) is 101 Å². The van der Waals surface area contributed by atoms with Crippen molar-refractivity contribution in [3.63, 3.8) is 0 Å². The number of likely N-dealkylation sites (tertiary alicyclic amines) is 1. The summed E-state index contributed by atoms with van der Waals surface area (Å²) in [6.45, 7) is 0.0611. The lowest BCUT2D eigenvalue weighted by molar-refractivity contribution is -0.147. The Labute approximate surface area is 110 Å². The van der Waals surface area contributed by atoms with Crippen LogP contribution in [-0.4, -0.2) is 52.2 Å². The molecule has 11 heteroatoms. The summed E-state index contributed by atoms with van der Waals surface area (Å²) < 4.78 is 72.0. The van der Waals surface area contributed by atoms with Gasteiger partial charge in [0.1, 0.15) is 0 Å². The number of hydrogen-bond acceptors (Lipinski definition) is 5. The van der Waals surface area contributed by atoms with E-state index in [0.29, 0.717) is 19.1 Å². The molecule has 1 amide bonds. The molecule has 0 saturated carbocycles. The molecule has 1 aliphatic heterocycles. The molecular weight excluding hydrogens is 306 g/mol. The maximum absolute atomic E-state index is 13.6. The monoisotopic (exact) mass is 320 g/mol. The van der Waals surface area contributed by atoms with Gasteiger partial charge in [-0.25, -0.2) is 16.8 Å². The van der Waals surface area contributed by atoms with E-state index in [1.807, 2.05) is 0 Å². The highest BCUT2D eigenvalue weighted by molar-refractivity contribution is 8.05. The lowest BCUT2D eigenvalue weighted by atomic mass is 10.1.